The van der Waals surface area contributed by atoms with E-state index in [0.29, 0.717) is 11.5 Å². The maximum atomic E-state index is 3.45. The van der Waals surface area contributed by atoms with Crippen molar-refractivity contribution in [3.05, 3.63) is 29.8 Å². The summed E-state index contributed by atoms with van der Waals surface area (Å²) in [6, 6.07) is 9.49. The van der Waals surface area contributed by atoms with E-state index in [-0.39, 0.29) is 0 Å². The second kappa shape index (κ2) is 5.54. The Labute approximate surface area is 118 Å². The summed E-state index contributed by atoms with van der Waals surface area (Å²) in [7, 11) is 0. The van der Waals surface area contributed by atoms with Gasteiger partial charge in [0, 0.05) is 24.8 Å². The third-order valence-electron chi connectivity index (χ3n) is 4.37. The quantitative estimate of drug-likeness (QED) is 0.885. The third kappa shape index (κ3) is 3.30. The number of hydrogen-bond acceptors (Lipinski definition) is 2. The average molecular weight is 260 g/mol. The highest BCUT2D eigenvalue weighted by atomic mass is 15.2. The minimum absolute atomic E-state index is 0.440. The Hall–Kier alpha value is -1.02. The Bertz CT molecular complexity index is 396. The summed E-state index contributed by atoms with van der Waals surface area (Å²) in [5.74, 6) is 0.827. The summed E-state index contributed by atoms with van der Waals surface area (Å²) in [5.41, 5.74) is 3.18. The van der Waals surface area contributed by atoms with Crippen molar-refractivity contribution in [3.63, 3.8) is 0 Å². The Morgan fingerprint density at radius 2 is 1.79 bits per heavy atom. The van der Waals surface area contributed by atoms with Crippen molar-refractivity contribution in [2.75, 3.05) is 24.5 Å². The monoisotopic (exact) mass is 260 g/mol. The lowest BCUT2D eigenvalue weighted by Crippen LogP contribution is -2.52. The molecule has 0 radical (unpaired) electrons. The molecule has 19 heavy (non-hydrogen) atoms. The zero-order valence-electron chi connectivity index (χ0n) is 13.0. The lowest BCUT2D eigenvalue weighted by molar-refractivity contribution is 0.195. The molecule has 1 aromatic carbocycles. The van der Waals surface area contributed by atoms with Gasteiger partial charge in [0.25, 0.3) is 0 Å². The highest BCUT2D eigenvalue weighted by Crippen LogP contribution is 2.36. The Balaban J connectivity index is 1.94. The molecular weight excluding hydrogens is 232 g/mol. The molecule has 2 heteroatoms. The van der Waals surface area contributed by atoms with Gasteiger partial charge in [0.05, 0.1) is 0 Å². The number of anilines is 1. The number of benzene rings is 1. The number of rotatable bonds is 4. The van der Waals surface area contributed by atoms with Crippen molar-refractivity contribution in [2.24, 2.45) is 11.3 Å². The molecule has 2 nitrogen and oxygen atoms in total. The van der Waals surface area contributed by atoms with Crippen LogP contribution in [0.4, 0.5) is 5.69 Å². The van der Waals surface area contributed by atoms with Crippen LogP contribution < -0.4 is 10.2 Å². The van der Waals surface area contributed by atoms with E-state index < -0.39 is 0 Å². The van der Waals surface area contributed by atoms with Crippen LogP contribution in [-0.2, 0) is 0 Å². The minimum atomic E-state index is 0.440. The average Bonchev–Trinajstić information content (AvgIpc) is 2.26. The van der Waals surface area contributed by atoms with E-state index in [4.69, 9.17) is 0 Å². The molecule has 1 atom stereocenters. The maximum Gasteiger partial charge on any atom is 0.0366 e. The third-order valence-corrected chi connectivity index (χ3v) is 4.37. The summed E-state index contributed by atoms with van der Waals surface area (Å²) >= 11 is 0. The van der Waals surface area contributed by atoms with Crippen molar-refractivity contribution >= 4 is 5.69 Å². The van der Waals surface area contributed by atoms with Crippen molar-refractivity contribution < 1.29 is 0 Å². The van der Waals surface area contributed by atoms with E-state index in [1.165, 1.54) is 24.3 Å². The van der Waals surface area contributed by atoms with Gasteiger partial charge in [-0.1, -0.05) is 39.8 Å². The standard InChI is InChI=1S/C17H28N2/c1-6-18-13(2)14-7-9-16(10-8-14)19-11-15(12-19)17(3,4)5/h7-10,13,15,18H,6,11-12H2,1-5H3. The normalized spacial score (nSPS) is 18.3. The Morgan fingerprint density at radius 3 is 2.26 bits per heavy atom. The van der Waals surface area contributed by atoms with Crippen molar-refractivity contribution in [2.45, 2.75) is 40.7 Å². The van der Waals surface area contributed by atoms with Crippen molar-refractivity contribution in [3.8, 4) is 0 Å². The Morgan fingerprint density at radius 1 is 1.21 bits per heavy atom. The van der Waals surface area contributed by atoms with Crippen LogP contribution in [0.1, 0.15) is 46.2 Å². The fourth-order valence-corrected chi connectivity index (χ4v) is 2.63. The van der Waals surface area contributed by atoms with Gasteiger partial charge in [-0.15, -0.1) is 0 Å². The molecule has 1 aliphatic rings. The van der Waals surface area contributed by atoms with Gasteiger partial charge in [-0.05, 0) is 42.5 Å². The molecule has 1 aliphatic heterocycles. The summed E-state index contributed by atoms with van der Waals surface area (Å²) in [6.07, 6.45) is 0. The fraction of sp³-hybridized carbons (Fsp3) is 0.647. The zero-order chi connectivity index (χ0) is 14.0. The first-order chi connectivity index (χ1) is 8.91. The first-order valence-electron chi connectivity index (χ1n) is 7.50. The fourth-order valence-electron chi connectivity index (χ4n) is 2.63. The van der Waals surface area contributed by atoms with Gasteiger partial charge in [-0.2, -0.15) is 0 Å². The molecule has 106 valence electrons. The number of nitrogens with one attached hydrogen (secondary N) is 1. The zero-order valence-corrected chi connectivity index (χ0v) is 13.0. The second-order valence-corrected chi connectivity index (χ2v) is 6.84. The lowest BCUT2D eigenvalue weighted by Gasteiger charge is -2.47. The first kappa shape index (κ1) is 14.4. The van der Waals surface area contributed by atoms with Crippen LogP contribution in [0, 0.1) is 11.3 Å². The Kier molecular flexibility index (Phi) is 4.19. The van der Waals surface area contributed by atoms with Crippen molar-refractivity contribution in [1.82, 2.24) is 5.32 Å². The molecule has 1 saturated heterocycles. The predicted octanol–water partition coefficient (Wildman–Crippen LogP) is 3.84. The highest BCUT2D eigenvalue weighted by molar-refractivity contribution is 5.50. The van der Waals surface area contributed by atoms with Crippen LogP contribution in [-0.4, -0.2) is 19.6 Å². The largest absolute Gasteiger partial charge is 0.371 e. The molecular formula is C17H28N2. The van der Waals surface area contributed by atoms with Gasteiger partial charge in [-0.25, -0.2) is 0 Å². The van der Waals surface area contributed by atoms with Crippen LogP contribution in [0.25, 0.3) is 0 Å². The molecule has 0 spiro atoms. The molecule has 1 unspecified atom stereocenters. The van der Waals surface area contributed by atoms with Gasteiger partial charge in [-0.3, -0.25) is 0 Å². The molecule has 1 heterocycles. The van der Waals surface area contributed by atoms with E-state index in [1.54, 1.807) is 0 Å². The van der Waals surface area contributed by atoms with E-state index in [0.717, 1.165) is 12.5 Å². The van der Waals surface area contributed by atoms with Crippen LogP contribution in [0.2, 0.25) is 0 Å². The first-order valence-corrected chi connectivity index (χ1v) is 7.50. The van der Waals surface area contributed by atoms with E-state index in [1.807, 2.05) is 0 Å². The van der Waals surface area contributed by atoms with Crippen LogP contribution >= 0.6 is 0 Å². The topological polar surface area (TPSA) is 15.3 Å². The molecule has 0 amide bonds. The van der Waals surface area contributed by atoms with Crippen LogP contribution in [0.3, 0.4) is 0 Å². The van der Waals surface area contributed by atoms with Gasteiger partial charge >= 0.3 is 0 Å². The molecule has 0 aromatic heterocycles. The molecule has 0 bridgehead atoms. The molecule has 0 aliphatic carbocycles. The van der Waals surface area contributed by atoms with Gasteiger partial charge in [0.1, 0.15) is 0 Å². The molecule has 1 aromatic rings. The highest BCUT2D eigenvalue weighted by Gasteiger charge is 2.35. The summed E-state index contributed by atoms with van der Waals surface area (Å²) in [4.78, 5) is 2.48. The number of nitrogens with zero attached hydrogens (tertiary/aromatic N) is 1. The van der Waals surface area contributed by atoms with Gasteiger partial charge < -0.3 is 10.2 Å². The van der Waals surface area contributed by atoms with Crippen LogP contribution in [0.5, 0.6) is 0 Å². The van der Waals surface area contributed by atoms with Gasteiger partial charge in [0.2, 0.25) is 0 Å². The van der Waals surface area contributed by atoms with Crippen molar-refractivity contribution in [1.29, 1.82) is 0 Å². The van der Waals surface area contributed by atoms with E-state index in [2.05, 4.69) is 69.1 Å². The molecule has 1 fully saturated rings. The van der Waals surface area contributed by atoms with Gasteiger partial charge in [0.15, 0.2) is 0 Å². The molecule has 1 N–H and O–H groups in total. The SMILES string of the molecule is CCNC(C)c1ccc(N2CC(C(C)(C)C)C2)cc1. The summed E-state index contributed by atoms with van der Waals surface area (Å²) in [5, 5.41) is 3.45. The lowest BCUT2D eigenvalue weighted by atomic mass is 9.76. The van der Waals surface area contributed by atoms with E-state index >= 15 is 0 Å². The second-order valence-electron chi connectivity index (χ2n) is 6.84. The minimum Gasteiger partial charge on any atom is -0.371 e. The summed E-state index contributed by atoms with van der Waals surface area (Å²) in [6.45, 7) is 14.8. The maximum absolute atomic E-state index is 3.45. The number of hydrogen-bond donors (Lipinski definition) is 1. The molecule has 2 rings (SSSR count). The van der Waals surface area contributed by atoms with E-state index in [9.17, 15) is 0 Å². The van der Waals surface area contributed by atoms with Crippen LogP contribution in [0.15, 0.2) is 24.3 Å². The smallest absolute Gasteiger partial charge is 0.0366 e. The summed E-state index contributed by atoms with van der Waals surface area (Å²) < 4.78 is 0. The predicted molar refractivity (Wildman–Crippen MR) is 83.7 cm³/mol. The molecule has 0 saturated carbocycles.